The monoisotopic (exact) mass is 98.0 g/mol. The van der Waals surface area contributed by atoms with Crippen LogP contribution in [-0.2, 0) is 13.8 Å². The lowest BCUT2D eigenvalue weighted by atomic mass is 15.0. The molecular formula is H3O4P. The van der Waals surface area contributed by atoms with Crippen LogP contribution in [0, 0.1) is 0 Å². The van der Waals surface area contributed by atoms with Gasteiger partial charge < -0.3 is 0 Å². The van der Waals surface area contributed by atoms with E-state index in [1.54, 1.807) is 0 Å². The fourth-order valence-electron chi connectivity index (χ4n) is 0. The first-order chi connectivity index (χ1) is 2.27. The zero-order valence-corrected chi connectivity index (χ0v) is 3.01. The molecule has 0 fully saturated rings. The Kier molecular flexibility index (Phi) is 2.01. The maximum absolute atomic E-state index is 8.93. The average molecular weight is 98.0 g/mol. The van der Waals surface area contributed by atoms with Gasteiger partial charge in [0, 0.05) is 1.43 Å². The van der Waals surface area contributed by atoms with Gasteiger partial charge in [-0.25, -0.2) is 14.4 Å². The van der Waals surface area contributed by atoms with Crippen LogP contribution in [0.2, 0.25) is 0 Å². The second-order valence-electron chi connectivity index (χ2n) is 0.305. The van der Waals surface area contributed by atoms with Gasteiger partial charge in [0.15, 0.2) is 0 Å². The zero-order chi connectivity index (χ0) is 4.28. The van der Waals surface area contributed by atoms with Crippen LogP contribution in [0.4, 0.5) is 0 Å². The minimum atomic E-state index is -3.04. The Morgan fingerprint density at radius 2 is 2.00 bits per heavy atom. The maximum Gasteiger partial charge on any atom is 0.496 e. The van der Waals surface area contributed by atoms with Crippen molar-refractivity contribution in [1.29, 1.82) is 0 Å². The van der Waals surface area contributed by atoms with Gasteiger partial charge >= 0.3 is 7.91 Å². The van der Waals surface area contributed by atoms with Gasteiger partial charge in [-0.1, -0.05) is 0 Å². The quantitative estimate of drug-likeness (QED) is 0.299. The van der Waals surface area contributed by atoms with Gasteiger partial charge in [-0.05, 0) is 0 Å². The summed E-state index contributed by atoms with van der Waals surface area (Å²) >= 11 is 0. The van der Waals surface area contributed by atoms with Crippen LogP contribution in [0.15, 0.2) is 0 Å². The van der Waals surface area contributed by atoms with E-state index in [0.717, 1.165) is 0 Å². The topological polar surface area (TPSA) is 63.6 Å². The van der Waals surface area contributed by atoms with E-state index < -0.39 is 7.91 Å². The van der Waals surface area contributed by atoms with Crippen LogP contribution >= 0.6 is 7.91 Å². The Balaban J connectivity index is 0. The van der Waals surface area contributed by atoms with E-state index in [-0.39, 0.29) is 1.43 Å². The van der Waals surface area contributed by atoms with Crippen molar-refractivity contribution in [2.45, 2.75) is 0 Å². The summed E-state index contributed by atoms with van der Waals surface area (Å²) < 4.78 is 20.6. The van der Waals surface area contributed by atoms with Crippen molar-refractivity contribution < 1.29 is 20.5 Å². The Morgan fingerprint density at radius 1 is 1.80 bits per heavy atom. The molecule has 0 aliphatic rings. The minimum absolute atomic E-state index is 0. The smallest absolute Gasteiger partial charge is 0.238 e. The predicted molar refractivity (Wildman–Crippen MR) is 14.1 cm³/mol. The standard InChI is InChI=1S/HO4P.H2/c1-4-5(2)3;/h1H;1H. The van der Waals surface area contributed by atoms with Crippen LogP contribution in [0.3, 0.4) is 0 Å². The molecule has 0 aromatic heterocycles. The molecule has 0 rings (SSSR count). The molecule has 1 N–H and O–H groups in total. The van der Waals surface area contributed by atoms with E-state index >= 15 is 0 Å². The van der Waals surface area contributed by atoms with Crippen molar-refractivity contribution in [2.75, 3.05) is 0 Å². The molecule has 0 amide bonds. The lowest BCUT2D eigenvalue weighted by Gasteiger charge is -1.59. The summed E-state index contributed by atoms with van der Waals surface area (Å²) in [5.74, 6) is 0. The summed E-state index contributed by atoms with van der Waals surface area (Å²) in [7, 11) is -3.04. The zero-order valence-electron chi connectivity index (χ0n) is 2.12. The molecule has 0 atom stereocenters. The Labute approximate surface area is 29.7 Å². The van der Waals surface area contributed by atoms with Gasteiger partial charge in [0.2, 0.25) is 0 Å². The van der Waals surface area contributed by atoms with Gasteiger partial charge in [-0.15, -0.1) is 4.67 Å². The van der Waals surface area contributed by atoms with E-state index in [1.807, 2.05) is 0 Å². The first kappa shape index (κ1) is 4.82. The van der Waals surface area contributed by atoms with E-state index in [1.165, 1.54) is 0 Å². The molecular weight excluding hydrogens is 95.0 g/mol. The largest absolute Gasteiger partial charge is 0.496 e. The summed E-state index contributed by atoms with van der Waals surface area (Å²) in [6, 6.07) is 0. The van der Waals surface area contributed by atoms with Crippen molar-refractivity contribution in [3.8, 4) is 0 Å². The predicted octanol–water partition coefficient (Wildman–Crippen LogP) is 0.810. The van der Waals surface area contributed by atoms with Crippen molar-refractivity contribution in [3.05, 3.63) is 0 Å². The van der Waals surface area contributed by atoms with Crippen LogP contribution in [0.1, 0.15) is 1.43 Å². The lowest BCUT2D eigenvalue weighted by molar-refractivity contribution is -0.132. The van der Waals surface area contributed by atoms with Gasteiger partial charge in [0.05, 0.1) is 0 Å². The Hall–Kier alpha value is -0.180. The van der Waals surface area contributed by atoms with E-state index in [4.69, 9.17) is 14.4 Å². The van der Waals surface area contributed by atoms with E-state index in [0.29, 0.717) is 0 Å². The highest BCUT2D eigenvalue weighted by Crippen LogP contribution is 1.97. The summed E-state index contributed by atoms with van der Waals surface area (Å²) in [6.45, 7) is 0. The molecule has 5 heteroatoms. The van der Waals surface area contributed by atoms with Gasteiger partial charge in [0.1, 0.15) is 0 Å². The molecule has 0 bridgehead atoms. The van der Waals surface area contributed by atoms with Crippen molar-refractivity contribution >= 4 is 7.91 Å². The molecule has 5 heavy (non-hydrogen) atoms. The van der Waals surface area contributed by atoms with Crippen LogP contribution in [0.5, 0.6) is 0 Å². The van der Waals surface area contributed by atoms with Crippen LogP contribution < -0.4 is 0 Å². The van der Waals surface area contributed by atoms with Crippen molar-refractivity contribution in [1.82, 2.24) is 0 Å². The molecule has 0 spiro atoms. The summed E-state index contributed by atoms with van der Waals surface area (Å²) in [5.41, 5.74) is 0. The Morgan fingerprint density at radius 3 is 2.00 bits per heavy atom. The highest BCUT2D eigenvalue weighted by molar-refractivity contribution is 7.24. The third-order valence-corrected chi connectivity index (χ3v) is 0.200. The fourth-order valence-corrected chi connectivity index (χ4v) is 0. The molecule has 4 nitrogen and oxygen atoms in total. The van der Waals surface area contributed by atoms with E-state index in [2.05, 4.69) is 4.67 Å². The summed E-state index contributed by atoms with van der Waals surface area (Å²) in [6.07, 6.45) is 0. The van der Waals surface area contributed by atoms with E-state index in [9.17, 15) is 0 Å². The van der Waals surface area contributed by atoms with Crippen LogP contribution in [-0.4, -0.2) is 5.26 Å². The molecule has 0 heterocycles. The lowest BCUT2D eigenvalue weighted by Crippen LogP contribution is -1.50. The van der Waals surface area contributed by atoms with Gasteiger partial charge in [-0.3, -0.25) is 0 Å². The van der Waals surface area contributed by atoms with Crippen molar-refractivity contribution in [2.24, 2.45) is 0 Å². The Bertz CT molecular complexity index is 65.6. The highest BCUT2D eigenvalue weighted by atomic mass is 31.1. The minimum Gasteiger partial charge on any atom is -0.238 e. The third kappa shape index (κ3) is 3.82. The molecule has 0 aliphatic carbocycles. The second kappa shape index (κ2) is 2.08. The van der Waals surface area contributed by atoms with Crippen LogP contribution in [0.25, 0.3) is 0 Å². The number of hydrogen-bond donors (Lipinski definition) is 1. The maximum atomic E-state index is 8.93. The first-order valence-electron chi connectivity index (χ1n) is 0.730. The number of hydrogen-bond acceptors (Lipinski definition) is 4. The molecule has 0 radical (unpaired) electrons. The van der Waals surface area contributed by atoms with Gasteiger partial charge in [0.25, 0.3) is 0 Å². The molecule has 0 saturated heterocycles. The summed E-state index contributed by atoms with van der Waals surface area (Å²) in [5, 5.41) is 7.05. The molecule has 0 unspecified atom stereocenters. The molecule has 0 aliphatic heterocycles. The molecule has 0 saturated carbocycles. The normalized spacial score (nSPS) is 7.40. The molecule has 0 aromatic carbocycles. The second-order valence-corrected chi connectivity index (χ2v) is 0.916. The van der Waals surface area contributed by atoms with Gasteiger partial charge in [-0.2, -0.15) is 0 Å². The first-order valence-corrected chi connectivity index (χ1v) is 1.83. The third-order valence-electron chi connectivity index (χ3n) is 0.0667. The number of rotatable bonds is 1. The van der Waals surface area contributed by atoms with Crippen molar-refractivity contribution in [3.63, 3.8) is 0 Å². The SMILES string of the molecule is O=P(=O)OO.[HH]. The fraction of sp³-hybridized carbons (Fsp3) is 0. The average Bonchev–Trinajstić information content (AvgIpc) is 1.38. The highest BCUT2D eigenvalue weighted by Gasteiger charge is 1.75. The summed E-state index contributed by atoms with van der Waals surface area (Å²) in [4.78, 5) is 0. The molecule has 32 valence electrons. The molecule has 0 aromatic rings.